The number of nitrogens with zero attached hydrogens (tertiary/aromatic N) is 1. The molecule has 1 aliphatic rings. The van der Waals surface area contributed by atoms with E-state index in [4.69, 9.17) is 9.47 Å². The summed E-state index contributed by atoms with van der Waals surface area (Å²) in [5.74, 6) is 1.49. The Morgan fingerprint density at radius 3 is 2.86 bits per heavy atom. The number of rotatable bonds is 4. The molecule has 2 aromatic rings. The molecule has 0 atom stereocenters. The molecule has 22 heavy (non-hydrogen) atoms. The minimum atomic E-state index is -0.0247. The summed E-state index contributed by atoms with van der Waals surface area (Å²) in [6.07, 6.45) is 3.44. The number of hydrogen-bond acceptors (Lipinski definition) is 4. The molecule has 0 saturated carbocycles. The van der Waals surface area contributed by atoms with E-state index in [9.17, 15) is 4.79 Å². The lowest BCUT2D eigenvalue weighted by Crippen LogP contribution is -2.24. The monoisotopic (exact) mass is 315 g/mol. The first kappa shape index (κ1) is 14.7. The van der Waals surface area contributed by atoms with Gasteiger partial charge in [0.15, 0.2) is 11.5 Å². The van der Waals surface area contributed by atoms with Crippen molar-refractivity contribution in [1.29, 1.82) is 0 Å². The van der Waals surface area contributed by atoms with Crippen LogP contribution in [0, 0.1) is 0 Å². The summed E-state index contributed by atoms with van der Waals surface area (Å²) in [6.45, 7) is 1.68. The highest BCUT2D eigenvalue weighted by Gasteiger charge is 2.13. The molecule has 1 amide bonds. The molecule has 0 fully saturated rings. The number of carbonyl (C=O) groups excluding carboxylic acids is 1. The molecule has 1 aromatic carbocycles. The van der Waals surface area contributed by atoms with Gasteiger partial charge in [0.2, 0.25) is 5.91 Å². The van der Waals surface area contributed by atoms with Crippen molar-refractivity contribution in [2.75, 3.05) is 20.3 Å². The van der Waals surface area contributed by atoms with Gasteiger partial charge in [0.1, 0.15) is 13.2 Å². The van der Waals surface area contributed by atoms with Gasteiger partial charge in [-0.15, -0.1) is 11.3 Å². The molecule has 0 bridgehead atoms. The largest absolute Gasteiger partial charge is 0.486 e. The van der Waals surface area contributed by atoms with Crippen LogP contribution < -0.4 is 9.47 Å². The van der Waals surface area contributed by atoms with E-state index in [2.05, 4.69) is 0 Å². The lowest BCUT2D eigenvalue weighted by Gasteiger charge is -2.20. The minimum Gasteiger partial charge on any atom is -0.486 e. The molecule has 114 valence electrons. The average molecular weight is 315 g/mol. The Kier molecular flexibility index (Phi) is 4.44. The number of benzene rings is 1. The third-order valence-electron chi connectivity index (χ3n) is 3.34. The third-order valence-corrected chi connectivity index (χ3v) is 4.17. The second-order valence-electron chi connectivity index (χ2n) is 5.02. The Morgan fingerprint density at radius 1 is 1.27 bits per heavy atom. The van der Waals surface area contributed by atoms with E-state index < -0.39 is 0 Å². The van der Waals surface area contributed by atoms with Crippen molar-refractivity contribution in [2.24, 2.45) is 0 Å². The Bertz CT molecular complexity index is 679. The van der Waals surface area contributed by atoms with Gasteiger partial charge in [0, 0.05) is 24.5 Å². The van der Waals surface area contributed by atoms with Crippen LogP contribution in [0.15, 0.2) is 41.8 Å². The first-order valence-electron chi connectivity index (χ1n) is 7.07. The zero-order valence-electron chi connectivity index (χ0n) is 12.3. The van der Waals surface area contributed by atoms with Crippen molar-refractivity contribution in [3.8, 4) is 11.5 Å². The number of carbonyl (C=O) groups is 1. The van der Waals surface area contributed by atoms with Crippen LogP contribution in [0.2, 0.25) is 0 Å². The molecule has 4 nitrogen and oxygen atoms in total. The summed E-state index contributed by atoms with van der Waals surface area (Å²) in [5, 5.41) is 1.99. The number of amides is 1. The summed E-state index contributed by atoms with van der Waals surface area (Å²) in [6, 6.07) is 9.73. The third kappa shape index (κ3) is 3.49. The Balaban J connectivity index is 1.63. The fourth-order valence-electron chi connectivity index (χ4n) is 2.20. The van der Waals surface area contributed by atoms with Crippen LogP contribution in [0.25, 0.3) is 6.08 Å². The van der Waals surface area contributed by atoms with Gasteiger partial charge in [-0.1, -0.05) is 12.1 Å². The Labute approximate surface area is 133 Å². The Morgan fingerprint density at radius 2 is 2.09 bits per heavy atom. The number of hydrogen-bond donors (Lipinski definition) is 0. The smallest absolute Gasteiger partial charge is 0.246 e. The molecule has 1 aliphatic heterocycles. The fraction of sp³-hybridized carbons (Fsp3) is 0.235. The minimum absolute atomic E-state index is 0.0247. The highest BCUT2D eigenvalue weighted by Crippen LogP contribution is 2.31. The molecular formula is C17H17NO3S. The van der Waals surface area contributed by atoms with Crippen LogP contribution in [-0.4, -0.2) is 31.1 Å². The van der Waals surface area contributed by atoms with Gasteiger partial charge in [-0.2, -0.15) is 0 Å². The average Bonchev–Trinajstić information content (AvgIpc) is 3.06. The lowest BCUT2D eigenvalue weighted by molar-refractivity contribution is -0.125. The summed E-state index contributed by atoms with van der Waals surface area (Å²) in [4.78, 5) is 14.9. The highest BCUT2D eigenvalue weighted by atomic mass is 32.1. The van der Waals surface area contributed by atoms with Crippen molar-refractivity contribution in [3.63, 3.8) is 0 Å². The maximum atomic E-state index is 12.1. The van der Waals surface area contributed by atoms with Gasteiger partial charge >= 0.3 is 0 Å². The molecule has 0 spiro atoms. The molecule has 0 N–H and O–H groups in total. The van der Waals surface area contributed by atoms with Gasteiger partial charge in [-0.25, -0.2) is 0 Å². The van der Waals surface area contributed by atoms with Crippen LogP contribution in [0.5, 0.6) is 11.5 Å². The predicted molar refractivity (Wildman–Crippen MR) is 87.3 cm³/mol. The maximum Gasteiger partial charge on any atom is 0.246 e. The molecule has 1 aromatic heterocycles. The molecule has 5 heteroatoms. The van der Waals surface area contributed by atoms with Crippen LogP contribution in [0.1, 0.15) is 10.4 Å². The van der Waals surface area contributed by atoms with Crippen LogP contribution in [0.4, 0.5) is 0 Å². The van der Waals surface area contributed by atoms with Crippen LogP contribution in [-0.2, 0) is 11.3 Å². The molecular weight excluding hydrogens is 298 g/mol. The quantitative estimate of drug-likeness (QED) is 0.813. The van der Waals surface area contributed by atoms with Gasteiger partial charge < -0.3 is 14.4 Å². The predicted octanol–water partition coefficient (Wildman–Crippen LogP) is 3.19. The van der Waals surface area contributed by atoms with Gasteiger partial charge in [-0.05, 0) is 35.2 Å². The number of ether oxygens (including phenoxy) is 2. The van der Waals surface area contributed by atoms with E-state index in [0.717, 1.165) is 21.9 Å². The summed E-state index contributed by atoms with van der Waals surface area (Å²) in [5.41, 5.74) is 1.02. The maximum absolute atomic E-state index is 12.1. The summed E-state index contributed by atoms with van der Waals surface area (Å²) < 4.78 is 11.1. The molecule has 0 saturated heterocycles. The van der Waals surface area contributed by atoms with E-state index in [1.807, 2.05) is 41.8 Å². The second-order valence-corrected chi connectivity index (χ2v) is 6.00. The summed E-state index contributed by atoms with van der Waals surface area (Å²) in [7, 11) is 1.79. The second kappa shape index (κ2) is 6.66. The molecule has 2 heterocycles. The summed E-state index contributed by atoms with van der Waals surface area (Å²) >= 11 is 1.61. The van der Waals surface area contributed by atoms with Crippen LogP contribution >= 0.6 is 11.3 Å². The number of thiophene rings is 1. The standard InChI is InChI=1S/C17H17NO3S/c1-18(17(19)7-5-14-3-2-10-22-14)12-13-4-6-15-16(11-13)21-9-8-20-15/h2-7,10-11H,8-9,12H2,1H3/b7-5+. The van der Waals surface area contributed by atoms with E-state index >= 15 is 0 Å². The van der Waals surface area contributed by atoms with E-state index in [0.29, 0.717) is 19.8 Å². The number of fused-ring (bicyclic) bond motifs is 1. The zero-order chi connectivity index (χ0) is 15.4. The Hall–Kier alpha value is -2.27. The van der Waals surface area contributed by atoms with Crippen LogP contribution in [0.3, 0.4) is 0 Å². The molecule has 0 radical (unpaired) electrons. The normalized spacial score (nSPS) is 13.3. The molecule has 0 aliphatic carbocycles. The fourth-order valence-corrected chi connectivity index (χ4v) is 2.82. The van der Waals surface area contributed by atoms with Gasteiger partial charge in [0.25, 0.3) is 0 Å². The topological polar surface area (TPSA) is 38.8 Å². The van der Waals surface area contributed by atoms with Crippen molar-refractivity contribution >= 4 is 23.3 Å². The van der Waals surface area contributed by atoms with E-state index in [1.54, 1.807) is 29.4 Å². The molecule has 3 rings (SSSR count). The highest BCUT2D eigenvalue weighted by molar-refractivity contribution is 7.10. The number of likely N-dealkylation sites (N-methyl/N-ethyl adjacent to an activating group) is 1. The van der Waals surface area contributed by atoms with Crippen molar-refractivity contribution in [3.05, 3.63) is 52.2 Å². The molecule has 0 unspecified atom stereocenters. The first-order chi connectivity index (χ1) is 10.7. The van der Waals surface area contributed by atoms with E-state index in [-0.39, 0.29) is 5.91 Å². The van der Waals surface area contributed by atoms with Crippen molar-refractivity contribution in [2.45, 2.75) is 6.54 Å². The zero-order valence-corrected chi connectivity index (χ0v) is 13.1. The van der Waals surface area contributed by atoms with E-state index in [1.165, 1.54) is 0 Å². The van der Waals surface area contributed by atoms with Crippen molar-refractivity contribution in [1.82, 2.24) is 4.90 Å². The van der Waals surface area contributed by atoms with Gasteiger partial charge in [0.05, 0.1) is 0 Å². The first-order valence-corrected chi connectivity index (χ1v) is 7.95. The van der Waals surface area contributed by atoms with Gasteiger partial charge in [-0.3, -0.25) is 4.79 Å². The lowest BCUT2D eigenvalue weighted by atomic mass is 10.2. The van der Waals surface area contributed by atoms with Crippen molar-refractivity contribution < 1.29 is 14.3 Å². The SMILES string of the molecule is CN(Cc1ccc2c(c1)OCCO2)C(=O)/C=C/c1cccs1.